The summed E-state index contributed by atoms with van der Waals surface area (Å²) in [5, 5.41) is 10.7. The molecule has 0 saturated carbocycles. The van der Waals surface area contributed by atoms with Gasteiger partial charge in [-0.15, -0.1) is 0 Å². The zero-order chi connectivity index (χ0) is 13.2. The van der Waals surface area contributed by atoms with Crippen LogP contribution in [0, 0.1) is 5.82 Å². The van der Waals surface area contributed by atoms with E-state index in [0.717, 1.165) is 26.1 Å². The lowest BCUT2D eigenvalue weighted by atomic mass is 9.84. The Morgan fingerprint density at radius 3 is 2.67 bits per heavy atom. The molecule has 4 heteroatoms. The third-order valence-corrected chi connectivity index (χ3v) is 4.06. The van der Waals surface area contributed by atoms with E-state index in [4.69, 9.17) is 11.6 Å². The van der Waals surface area contributed by atoms with Crippen molar-refractivity contribution in [2.24, 2.45) is 0 Å². The van der Waals surface area contributed by atoms with Gasteiger partial charge in [-0.2, -0.15) is 0 Å². The number of hydrogen-bond acceptors (Lipinski definition) is 2. The summed E-state index contributed by atoms with van der Waals surface area (Å²) in [6.07, 6.45) is 2.32. The maximum Gasteiger partial charge on any atom is 0.142 e. The number of halogens is 2. The van der Waals surface area contributed by atoms with Gasteiger partial charge in [0.2, 0.25) is 0 Å². The molecule has 1 aliphatic rings. The lowest BCUT2D eigenvalue weighted by molar-refractivity contribution is -0.0258. The molecule has 1 aromatic carbocycles. The predicted octanol–water partition coefficient (Wildman–Crippen LogP) is 3.17. The molecule has 0 atom stereocenters. The van der Waals surface area contributed by atoms with Crippen LogP contribution in [0.2, 0.25) is 5.02 Å². The zero-order valence-corrected chi connectivity index (χ0v) is 11.4. The monoisotopic (exact) mass is 271 g/mol. The van der Waals surface area contributed by atoms with Crippen molar-refractivity contribution in [1.82, 2.24) is 4.90 Å². The van der Waals surface area contributed by atoms with Crippen LogP contribution in [0.1, 0.15) is 31.7 Å². The first-order valence-electron chi connectivity index (χ1n) is 6.46. The Kier molecular flexibility index (Phi) is 4.25. The first-order valence-corrected chi connectivity index (χ1v) is 6.84. The normalized spacial score (nSPS) is 20.0. The van der Waals surface area contributed by atoms with Gasteiger partial charge in [0.05, 0.1) is 10.6 Å². The van der Waals surface area contributed by atoms with Gasteiger partial charge in [-0.1, -0.05) is 30.7 Å². The van der Waals surface area contributed by atoms with Crippen molar-refractivity contribution in [3.8, 4) is 0 Å². The van der Waals surface area contributed by atoms with Gasteiger partial charge >= 0.3 is 0 Å². The minimum Gasteiger partial charge on any atom is -0.385 e. The molecule has 0 radical (unpaired) electrons. The fraction of sp³-hybridized carbons (Fsp3) is 0.571. The largest absolute Gasteiger partial charge is 0.385 e. The molecule has 0 unspecified atom stereocenters. The second kappa shape index (κ2) is 5.55. The SMILES string of the molecule is CCCN1CCC(O)(c2cccc(F)c2Cl)CC1. The number of likely N-dealkylation sites (tertiary alicyclic amines) is 1. The summed E-state index contributed by atoms with van der Waals surface area (Å²) in [5.41, 5.74) is -0.455. The Labute approximate surface area is 112 Å². The van der Waals surface area contributed by atoms with Gasteiger partial charge in [0.25, 0.3) is 0 Å². The summed E-state index contributed by atoms with van der Waals surface area (Å²) >= 11 is 5.97. The van der Waals surface area contributed by atoms with Gasteiger partial charge in [0.1, 0.15) is 5.82 Å². The summed E-state index contributed by atoms with van der Waals surface area (Å²) in [6.45, 7) is 4.85. The lowest BCUT2D eigenvalue weighted by Gasteiger charge is -2.38. The van der Waals surface area contributed by atoms with Crippen molar-refractivity contribution < 1.29 is 9.50 Å². The predicted molar refractivity (Wildman–Crippen MR) is 71.3 cm³/mol. The van der Waals surface area contributed by atoms with Crippen molar-refractivity contribution in [2.45, 2.75) is 31.8 Å². The number of piperidine rings is 1. The molecule has 2 nitrogen and oxygen atoms in total. The number of hydrogen-bond donors (Lipinski definition) is 1. The van der Waals surface area contributed by atoms with E-state index in [1.54, 1.807) is 12.1 Å². The summed E-state index contributed by atoms with van der Waals surface area (Å²) in [7, 11) is 0. The molecule has 2 rings (SSSR count). The Balaban J connectivity index is 2.16. The van der Waals surface area contributed by atoms with Gasteiger partial charge < -0.3 is 10.0 Å². The Hall–Kier alpha value is -0.640. The van der Waals surface area contributed by atoms with E-state index in [1.807, 2.05) is 0 Å². The quantitative estimate of drug-likeness (QED) is 0.913. The van der Waals surface area contributed by atoms with Gasteiger partial charge in [-0.05, 0) is 31.9 Å². The highest BCUT2D eigenvalue weighted by atomic mass is 35.5. The van der Waals surface area contributed by atoms with Crippen LogP contribution in [0.4, 0.5) is 4.39 Å². The molecular weight excluding hydrogens is 253 g/mol. The van der Waals surface area contributed by atoms with Crippen LogP contribution >= 0.6 is 11.6 Å². The minimum atomic E-state index is -0.983. The average molecular weight is 272 g/mol. The fourth-order valence-corrected chi connectivity index (χ4v) is 2.90. The zero-order valence-electron chi connectivity index (χ0n) is 10.6. The maximum atomic E-state index is 13.4. The van der Waals surface area contributed by atoms with Crippen molar-refractivity contribution in [3.05, 3.63) is 34.6 Å². The first-order chi connectivity index (χ1) is 8.57. The standard InChI is InChI=1S/C14H19ClFNO/c1-2-8-17-9-6-14(18,7-10-17)11-4-3-5-12(16)13(11)15/h3-5,18H,2,6-10H2,1H3. The van der Waals surface area contributed by atoms with Crippen LogP contribution in [0.3, 0.4) is 0 Å². The van der Waals surface area contributed by atoms with E-state index >= 15 is 0 Å². The first kappa shape index (κ1) is 13.8. The highest BCUT2D eigenvalue weighted by Gasteiger charge is 2.35. The van der Waals surface area contributed by atoms with Gasteiger partial charge in [-0.3, -0.25) is 0 Å². The molecule has 100 valence electrons. The number of benzene rings is 1. The van der Waals surface area contributed by atoms with E-state index in [1.165, 1.54) is 6.07 Å². The number of aliphatic hydroxyl groups is 1. The number of rotatable bonds is 3. The fourth-order valence-electron chi connectivity index (χ4n) is 2.60. The van der Waals surface area contributed by atoms with Gasteiger partial charge in [-0.25, -0.2) is 4.39 Å². The van der Waals surface area contributed by atoms with Crippen LogP contribution in [0.15, 0.2) is 18.2 Å². The Morgan fingerprint density at radius 1 is 1.39 bits per heavy atom. The van der Waals surface area contributed by atoms with Crippen molar-refractivity contribution in [2.75, 3.05) is 19.6 Å². The Morgan fingerprint density at radius 2 is 2.06 bits per heavy atom. The highest BCUT2D eigenvalue weighted by Crippen LogP contribution is 2.37. The maximum absolute atomic E-state index is 13.4. The molecule has 1 N–H and O–H groups in total. The van der Waals surface area contributed by atoms with E-state index in [2.05, 4.69) is 11.8 Å². The summed E-state index contributed by atoms with van der Waals surface area (Å²) in [6, 6.07) is 4.65. The summed E-state index contributed by atoms with van der Waals surface area (Å²) in [4.78, 5) is 2.32. The van der Waals surface area contributed by atoms with Crippen LogP contribution in [-0.2, 0) is 5.60 Å². The molecular formula is C14H19ClFNO. The molecule has 1 heterocycles. The molecule has 1 fully saturated rings. The second-order valence-corrected chi connectivity index (χ2v) is 5.35. The third kappa shape index (κ3) is 2.68. The molecule has 0 amide bonds. The lowest BCUT2D eigenvalue weighted by Crippen LogP contribution is -2.43. The van der Waals surface area contributed by atoms with Crippen LogP contribution in [0.25, 0.3) is 0 Å². The van der Waals surface area contributed by atoms with E-state index in [0.29, 0.717) is 18.4 Å². The van der Waals surface area contributed by atoms with Gasteiger partial charge in [0.15, 0.2) is 0 Å². The number of nitrogens with zero attached hydrogens (tertiary/aromatic N) is 1. The van der Waals surface area contributed by atoms with Crippen LogP contribution in [-0.4, -0.2) is 29.6 Å². The molecule has 1 aromatic rings. The topological polar surface area (TPSA) is 23.5 Å². The van der Waals surface area contributed by atoms with E-state index in [9.17, 15) is 9.50 Å². The molecule has 0 aliphatic carbocycles. The average Bonchev–Trinajstić information content (AvgIpc) is 2.36. The minimum absolute atomic E-state index is 0.0592. The smallest absolute Gasteiger partial charge is 0.142 e. The van der Waals surface area contributed by atoms with E-state index in [-0.39, 0.29) is 5.02 Å². The van der Waals surface area contributed by atoms with Crippen molar-refractivity contribution >= 4 is 11.6 Å². The van der Waals surface area contributed by atoms with Crippen LogP contribution in [0.5, 0.6) is 0 Å². The molecule has 0 bridgehead atoms. The molecule has 1 saturated heterocycles. The highest BCUT2D eigenvalue weighted by molar-refractivity contribution is 6.31. The second-order valence-electron chi connectivity index (χ2n) is 4.97. The molecule has 18 heavy (non-hydrogen) atoms. The summed E-state index contributed by atoms with van der Waals surface area (Å²) < 4.78 is 13.4. The van der Waals surface area contributed by atoms with Crippen molar-refractivity contribution in [1.29, 1.82) is 0 Å². The summed E-state index contributed by atoms with van der Waals surface area (Å²) in [5.74, 6) is -0.460. The Bertz CT molecular complexity index is 416. The van der Waals surface area contributed by atoms with Crippen LogP contribution < -0.4 is 0 Å². The molecule has 0 spiro atoms. The van der Waals surface area contributed by atoms with Crippen molar-refractivity contribution in [3.63, 3.8) is 0 Å². The van der Waals surface area contributed by atoms with Gasteiger partial charge in [0, 0.05) is 18.7 Å². The molecule has 0 aromatic heterocycles. The third-order valence-electron chi connectivity index (χ3n) is 3.68. The van der Waals surface area contributed by atoms with E-state index < -0.39 is 11.4 Å². The molecule has 1 aliphatic heterocycles.